The van der Waals surface area contributed by atoms with Crippen LogP contribution in [0.25, 0.3) is 32.2 Å². The first kappa shape index (κ1) is 23.5. The highest BCUT2D eigenvalue weighted by molar-refractivity contribution is 7.16. The topological polar surface area (TPSA) is 70.2 Å². The molecule has 2 unspecified atom stereocenters. The number of thiazole rings is 1. The number of rotatable bonds is 4. The summed E-state index contributed by atoms with van der Waals surface area (Å²) in [6.45, 7) is 5.31. The quantitative estimate of drug-likeness (QED) is 0.300. The molecular formula is C29H26FN5OS. The molecule has 8 heteroatoms. The third-order valence-corrected chi connectivity index (χ3v) is 7.53. The number of nitrogens with zero attached hydrogens (tertiary/aromatic N) is 3. The summed E-state index contributed by atoms with van der Waals surface area (Å²) in [5, 5.41) is 7.76. The van der Waals surface area contributed by atoms with E-state index in [1.165, 1.54) is 6.07 Å². The summed E-state index contributed by atoms with van der Waals surface area (Å²) < 4.78 is 16.5. The van der Waals surface area contributed by atoms with Crippen LogP contribution in [-0.2, 0) is 0 Å². The Morgan fingerprint density at radius 1 is 1.00 bits per heavy atom. The first-order valence-electron chi connectivity index (χ1n) is 12.3. The van der Waals surface area contributed by atoms with Crippen molar-refractivity contribution in [3.05, 3.63) is 83.8 Å². The van der Waals surface area contributed by atoms with Crippen LogP contribution >= 0.6 is 11.3 Å². The van der Waals surface area contributed by atoms with Gasteiger partial charge in [-0.25, -0.2) is 9.37 Å². The van der Waals surface area contributed by atoms with Crippen molar-refractivity contribution >= 4 is 49.7 Å². The lowest BCUT2D eigenvalue weighted by Crippen LogP contribution is -2.55. The summed E-state index contributed by atoms with van der Waals surface area (Å²) in [7, 11) is 0. The number of benzene rings is 3. The van der Waals surface area contributed by atoms with Gasteiger partial charge in [-0.1, -0.05) is 12.1 Å². The molecule has 0 saturated carbocycles. The molecule has 1 aliphatic heterocycles. The summed E-state index contributed by atoms with van der Waals surface area (Å²) >= 11 is 1.61. The van der Waals surface area contributed by atoms with Gasteiger partial charge in [-0.3, -0.25) is 9.78 Å². The van der Waals surface area contributed by atoms with Gasteiger partial charge in [-0.2, -0.15) is 0 Å². The lowest BCUT2D eigenvalue weighted by molar-refractivity contribution is 0.0673. The van der Waals surface area contributed by atoms with Gasteiger partial charge in [-0.15, -0.1) is 11.3 Å². The van der Waals surface area contributed by atoms with Crippen molar-refractivity contribution in [2.24, 2.45) is 0 Å². The van der Waals surface area contributed by atoms with Gasteiger partial charge in [0, 0.05) is 59.3 Å². The molecule has 0 bridgehead atoms. The second-order valence-corrected chi connectivity index (χ2v) is 10.5. The van der Waals surface area contributed by atoms with Gasteiger partial charge < -0.3 is 15.5 Å². The van der Waals surface area contributed by atoms with Gasteiger partial charge in [0.1, 0.15) is 5.82 Å². The minimum Gasteiger partial charge on any atom is -0.355 e. The van der Waals surface area contributed by atoms with E-state index in [0.29, 0.717) is 24.2 Å². The standard InChI is InChI=1S/C29H26FN5OS/c1-17-14-35(15-18(2)33-17)29(36)20-3-6-22(24(30)12-20)19-4-7-25-23(11-19)26(9-10-31-25)34-21-5-8-28-27(13-21)32-16-37-28/h3-13,16-18,33H,14-15H2,1-2H3,(H,31,34). The molecule has 0 radical (unpaired) electrons. The van der Waals surface area contributed by atoms with E-state index in [4.69, 9.17) is 0 Å². The van der Waals surface area contributed by atoms with Gasteiger partial charge in [0.25, 0.3) is 5.91 Å². The summed E-state index contributed by atoms with van der Waals surface area (Å²) in [4.78, 5) is 23.7. The van der Waals surface area contributed by atoms with Gasteiger partial charge in [0.15, 0.2) is 0 Å². The minimum absolute atomic E-state index is 0.142. The predicted octanol–water partition coefficient (Wildman–Crippen LogP) is 6.22. The Hall–Kier alpha value is -3.88. The van der Waals surface area contributed by atoms with Crippen LogP contribution in [0.15, 0.2) is 72.4 Å². The number of amides is 1. The second-order valence-electron chi connectivity index (χ2n) is 9.62. The zero-order valence-electron chi connectivity index (χ0n) is 20.5. The number of halogens is 1. The Kier molecular flexibility index (Phi) is 6.06. The molecule has 2 aromatic heterocycles. The molecule has 6 nitrogen and oxygen atoms in total. The fourth-order valence-corrected chi connectivity index (χ4v) is 5.73. The monoisotopic (exact) mass is 511 g/mol. The molecule has 37 heavy (non-hydrogen) atoms. The number of carbonyl (C=O) groups is 1. The van der Waals surface area contributed by atoms with Crippen LogP contribution < -0.4 is 10.6 Å². The molecule has 0 spiro atoms. The van der Waals surface area contributed by atoms with Crippen LogP contribution in [-0.4, -0.2) is 45.9 Å². The molecule has 186 valence electrons. The number of hydrogen-bond donors (Lipinski definition) is 2. The first-order valence-corrected chi connectivity index (χ1v) is 13.2. The Labute approximate surface area is 218 Å². The van der Waals surface area contributed by atoms with Crippen molar-refractivity contribution in [1.82, 2.24) is 20.2 Å². The smallest absolute Gasteiger partial charge is 0.254 e. The molecular weight excluding hydrogens is 485 g/mol. The minimum atomic E-state index is -0.422. The average molecular weight is 512 g/mol. The number of carbonyl (C=O) groups excluding carboxylic acids is 1. The highest BCUT2D eigenvalue weighted by atomic mass is 32.1. The number of piperazine rings is 1. The summed E-state index contributed by atoms with van der Waals surface area (Å²) in [5.74, 6) is -0.564. The van der Waals surface area contributed by atoms with Gasteiger partial charge >= 0.3 is 0 Å². The van der Waals surface area contributed by atoms with Crippen LogP contribution in [0, 0.1) is 5.82 Å². The molecule has 1 saturated heterocycles. The van der Waals surface area contributed by atoms with Crippen LogP contribution in [0.5, 0.6) is 0 Å². The number of fused-ring (bicyclic) bond motifs is 2. The average Bonchev–Trinajstić information content (AvgIpc) is 3.36. The zero-order valence-corrected chi connectivity index (χ0v) is 21.3. The fourth-order valence-electron chi connectivity index (χ4n) is 5.07. The molecule has 1 fully saturated rings. The van der Waals surface area contributed by atoms with E-state index < -0.39 is 5.82 Å². The van der Waals surface area contributed by atoms with Crippen molar-refractivity contribution < 1.29 is 9.18 Å². The van der Waals surface area contributed by atoms with Crippen LogP contribution in [0.1, 0.15) is 24.2 Å². The van der Waals surface area contributed by atoms with Crippen LogP contribution in [0.2, 0.25) is 0 Å². The lowest BCUT2D eigenvalue weighted by Gasteiger charge is -2.36. The lowest BCUT2D eigenvalue weighted by atomic mass is 10.00. The Bertz CT molecular complexity index is 1620. The number of aromatic nitrogens is 2. The molecule has 3 heterocycles. The van der Waals surface area contributed by atoms with E-state index in [-0.39, 0.29) is 18.0 Å². The molecule has 6 rings (SSSR count). The summed E-state index contributed by atoms with van der Waals surface area (Å²) in [6.07, 6.45) is 1.75. The molecule has 1 aliphatic rings. The highest BCUT2D eigenvalue weighted by Gasteiger charge is 2.26. The van der Waals surface area contributed by atoms with Gasteiger partial charge in [-0.05, 0) is 67.9 Å². The molecule has 2 atom stereocenters. The van der Waals surface area contributed by atoms with E-state index in [1.54, 1.807) is 34.6 Å². The molecule has 1 amide bonds. The van der Waals surface area contributed by atoms with Gasteiger partial charge in [0.2, 0.25) is 0 Å². The van der Waals surface area contributed by atoms with Gasteiger partial charge in [0.05, 0.1) is 21.2 Å². The summed E-state index contributed by atoms with van der Waals surface area (Å²) in [6, 6.07) is 18.8. The number of pyridine rings is 1. The third-order valence-electron chi connectivity index (χ3n) is 6.72. The maximum Gasteiger partial charge on any atom is 0.254 e. The Morgan fingerprint density at radius 3 is 2.65 bits per heavy atom. The van der Waals surface area contributed by atoms with Crippen molar-refractivity contribution in [2.75, 3.05) is 18.4 Å². The number of nitrogens with one attached hydrogen (secondary N) is 2. The number of anilines is 2. The largest absolute Gasteiger partial charge is 0.355 e. The second kappa shape index (κ2) is 9.53. The van der Waals surface area contributed by atoms with Crippen molar-refractivity contribution in [3.8, 4) is 11.1 Å². The third kappa shape index (κ3) is 4.65. The maximum atomic E-state index is 15.4. The molecule has 5 aromatic rings. The van der Waals surface area contributed by atoms with E-state index in [1.807, 2.05) is 48.0 Å². The van der Waals surface area contributed by atoms with E-state index >= 15 is 4.39 Å². The van der Waals surface area contributed by atoms with Crippen LogP contribution in [0.4, 0.5) is 15.8 Å². The Balaban J connectivity index is 1.31. The predicted molar refractivity (Wildman–Crippen MR) is 148 cm³/mol. The van der Waals surface area contributed by atoms with E-state index in [2.05, 4.69) is 34.4 Å². The molecule has 3 aromatic carbocycles. The summed E-state index contributed by atoms with van der Waals surface area (Å²) in [5.41, 5.74) is 6.90. The molecule has 0 aliphatic carbocycles. The zero-order chi connectivity index (χ0) is 25.5. The van der Waals surface area contributed by atoms with Crippen molar-refractivity contribution in [1.29, 1.82) is 0 Å². The SMILES string of the molecule is CC1CN(C(=O)c2ccc(-c3ccc4nccc(Nc5ccc6scnc6c5)c4c3)c(F)c2)CC(C)N1. The normalized spacial score (nSPS) is 17.9. The highest BCUT2D eigenvalue weighted by Crippen LogP contribution is 2.32. The van der Waals surface area contributed by atoms with E-state index in [9.17, 15) is 4.79 Å². The van der Waals surface area contributed by atoms with Crippen LogP contribution in [0.3, 0.4) is 0 Å². The maximum absolute atomic E-state index is 15.4. The Morgan fingerprint density at radius 2 is 1.84 bits per heavy atom. The first-order chi connectivity index (χ1) is 17.9. The van der Waals surface area contributed by atoms with E-state index in [0.717, 1.165) is 38.1 Å². The van der Waals surface area contributed by atoms with Crippen molar-refractivity contribution in [3.63, 3.8) is 0 Å². The number of hydrogen-bond acceptors (Lipinski definition) is 6. The fraction of sp³-hybridized carbons (Fsp3) is 0.207. The molecule has 2 N–H and O–H groups in total. The van der Waals surface area contributed by atoms with Crippen molar-refractivity contribution in [2.45, 2.75) is 25.9 Å².